The van der Waals surface area contributed by atoms with Gasteiger partial charge in [-0.3, -0.25) is 0 Å². The van der Waals surface area contributed by atoms with Crippen molar-refractivity contribution < 1.29 is 9.84 Å². The number of aliphatic hydroxyl groups excluding tert-OH is 1. The highest BCUT2D eigenvalue weighted by Gasteiger charge is 2.27. The molecule has 0 fully saturated rings. The normalized spacial score (nSPS) is 31.4. The Balaban J connectivity index is 2.50. The van der Waals surface area contributed by atoms with Crippen LogP contribution in [0.15, 0.2) is 12.2 Å². The van der Waals surface area contributed by atoms with Crippen molar-refractivity contribution in [3.8, 4) is 0 Å². The molecule has 10 heavy (non-hydrogen) atoms. The van der Waals surface area contributed by atoms with E-state index in [0.29, 0.717) is 6.61 Å². The maximum Gasteiger partial charge on any atom is 0.0838 e. The number of ether oxygens (including phenoxy) is 1. The largest absolute Gasteiger partial charge is 0.394 e. The van der Waals surface area contributed by atoms with Crippen LogP contribution in [0.1, 0.15) is 0 Å². The van der Waals surface area contributed by atoms with Crippen LogP contribution in [0.4, 0.5) is 0 Å². The minimum atomic E-state index is -0.311. The van der Waals surface area contributed by atoms with E-state index < -0.39 is 0 Å². The van der Waals surface area contributed by atoms with E-state index in [4.69, 9.17) is 9.84 Å². The predicted octanol–water partition coefficient (Wildman–Crippen LogP) is -0.477. The van der Waals surface area contributed by atoms with E-state index in [0.717, 1.165) is 6.54 Å². The van der Waals surface area contributed by atoms with E-state index in [1.165, 1.54) is 0 Å². The summed E-state index contributed by atoms with van der Waals surface area (Å²) in [5.74, 6) is 0. The maximum atomic E-state index is 8.95. The molecule has 0 aromatic carbocycles. The Morgan fingerprint density at radius 3 is 3.00 bits per heavy atom. The number of aliphatic hydroxyl groups is 1. The molecule has 0 bridgehead atoms. The molecule has 3 nitrogen and oxygen atoms in total. The van der Waals surface area contributed by atoms with E-state index in [9.17, 15) is 0 Å². The van der Waals surface area contributed by atoms with Gasteiger partial charge in [-0.05, 0) is 0 Å². The van der Waals surface area contributed by atoms with Crippen LogP contribution in [-0.2, 0) is 4.74 Å². The summed E-state index contributed by atoms with van der Waals surface area (Å²) in [4.78, 5) is 0. The van der Waals surface area contributed by atoms with Gasteiger partial charge in [0.05, 0.1) is 18.8 Å². The Hall–Kier alpha value is -0.380. The minimum Gasteiger partial charge on any atom is -0.394 e. The van der Waals surface area contributed by atoms with Crippen molar-refractivity contribution in [2.75, 3.05) is 26.9 Å². The van der Waals surface area contributed by atoms with Gasteiger partial charge in [0.15, 0.2) is 0 Å². The highest BCUT2D eigenvalue weighted by Crippen LogP contribution is 2.10. The van der Waals surface area contributed by atoms with Gasteiger partial charge in [0.1, 0.15) is 0 Å². The predicted molar refractivity (Wildman–Crippen MR) is 38.8 cm³/mol. The molecule has 1 unspecified atom stereocenters. The molecular weight excluding hydrogens is 130 g/mol. The SMILES string of the molecule is COCC1(CO)C=CCN1. The van der Waals surface area contributed by atoms with Crippen molar-refractivity contribution in [1.82, 2.24) is 5.32 Å². The van der Waals surface area contributed by atoms with E-state index >= 15 is 0 Å². The van der Waals surface area contributed by atoms with Gasteiger partial charge >= 0.3 is 0 Å². The molecule has 0 aliphatic carbocycles. The third kappa shape index (κ3) is 1.37. The van der Waals surface area contributed by atoms with E-state index in [1.54, 1.807) is 7.11 Å². The molecule has 0 spiro atoms. The summed E-state index contributed by atoms with van der Waals surface area (Å²) in [5, 5.41) is 12.1. The highest BCUT2D eigenvalue weighted by atomic mass is 16.5. The first-order chi connectivity index (χ1) is 4.83. The summed E-state index contributed by atoms with van der Waals surface area (Å²) < 4.78 is 4.95. The van der Waals surface area contributed by atoms with Gasteiger partial charge in [0, 0.05) is 13.7 Å². The topological polar surface area (TPSA) is 41.5 Å². The summed E-state index contributed by atoms with van der Waals surface area (Å²) in [6.07, 6.45) is 3.95. The Morgan fingerprint density at radius 1 is 1.80 bits per heavy atom. The van der Waals surface area contributed by atoms with E-state index in [2.05, 4.69) is 5.32 Å². The summed E-state index contributed by atoms with van der Waals surface area (Å²) in [6.45, 7) is 1.45. The molecule has 1 heterocycles. The quantitative estimate of drug-likeness (QED) is 0.524. The number of methoxy groups -OCH3 is 1. The molecule has 0 radical (unpaired) electrons. The van der Waals surface area contributed by atoms with Gasteiger partial charge < -0.3 is 15.2 Å². The lowest BCUT2D eigenvalue weighted by atomic mass is 10.1. The van der Waals surface area contributed by atoms with Gasteiger partial charge in [-0.15, -0.1) is 0 Å². The monoisotopic (exact) mass is 143 g/mol. The van der Waals surface area contributed by atoms with E-state index in [1.807, 2.05) is 12.2 Å². The zero-order valence-electron chi connectivity index (χ0n) is 6.13. The Kier molecular flexibility index (Phi) is 2.43. The summed E-state index contributed by atoms with van der Waals surface area (Å²) in [7, 11) is 1.63. The number of hydrogen-bond donors (Lipinski definition) is 2. The fourth-order valence-electron chi connectivity index (χ4n) is 1.12. The van der Waals surface area contributed by atoms with Gasteiger partial charge in [-0.1, -0.05) is 12.2 Å². The first-order valence-electron chi connectivity index (χ1n) is 3.35. The molecule has 1 aliphatic heterocycles. The molecule has 1 rings (SSSR count). The van der Waals surface area contributed by atoms with Gasteiger partial charge in [-0.2, -0.15) is 0 Å². The van der Waals surface area contributed by atoms with Crippen LogP contribution in [-0.4, -0.2) is 37.5 Å². The fourth-order valence-corrected chi connectivity index (χ4v) is 1.12. The minimum absolute atomic E-state index is 0.0946. The number of rotatable bonds is 3. The summed E-state index contributed by atoms with van der Waals surface area (Å²) in [6, 6.07) is 0. The van der Waals surface area contributed by atoms with Gasteiger partial charge in [-0.25, -0.2) is 0 Å². The van der Waals surface area contributed by atoms with Crippen molar-refractivity contribution in [3.63, 3.8) is 0 Å². The fraction of sp³-hybridized carbons (Fsp3) is 0.714. The van der Waals surface area contributed by atoms with Gasteiger partial charge in [0.25, 0.3) is 0 Å². The van der Waals surface area contributed by atoms with Crippen LogP contribution in [0.2, 0.25) is 0 Å². The van der Waals surface area contributed by atoms with Crippen molar-refractivity contribution in [1.29, 1.82) is 0 Å². The molecule has 0 amide bonds. The van der Waals surface area contributed by atoms with Crippen molar-refractivity contribution in [2.45, 2.75) is 5.54 Å². The second-order valence-electron chi connectivity index (χ2n) is 2.53. The van der Waals surface area contributed by atoms with Crippen LogP contribution < -0.4 is 5.32 Å². The number of hydrogen-bond acceptors (Lipinski definition) is 3. The van der Waals surface area contributed by atoms with Crippen LogP contribution in [0.3, 0.4) is 0 Å². The van der Waals surface area contributed by atoms with Crippen LogP contribution >= 0.6 is 0 Å². The average molecular weight is 143 g/mol. The second kappa shape index (κ2) is 3.14. The zero-order chi connectivity index (χ0) is 7.45. The van der Waals surface area contributed by atoms with Crippen molar-refractivity contribution in [3.05, 3.63) is 12.2 Å². The molecule has 1 atom stereocenters. The molecule has 0 saturated heterocycles. The lowest BCUT2D eigenvalue weighted by Crippen LogP contribution is -2.47. The molecule has 58 valence electrons. The highest BCUT2D eigenvalue weighted by molar-refractivity contribution is 5.13. The van der Waals surface area contributed by atoms with Gasteiger partial charge in [0.2, 0.25) is 0 Å². The second-order valence-corrected chi connectivity index (χ2v) is 2.53. The first-order valence-corrected chi connectivity index (χ1v) is 3.35. The average Bonchev–Trinajstić information content (AvgIpc) is 2.39. The molecule has 0 aromatic rings. The Labute approximate surface area is 60.7 Å². The van der Waals surface area contributed by atoms with Crippen LogP contribution in [0, 0.1) is 0 Å². The molecule has 1 aliphatic rings. The lowest BCUT2D eigenvalue weighted by molar-refractivity contribution is 0.0966. The number of nitrogens with one attached hydrogen (secondary N) is 1. The Bertz CT molecular complexity index is 136. The molecule has 3 heteroatoms. The van der Waals surface area contributed by atoms with E-state index in [-0.39, 0.29) is 12.1 Å². The first kappa shape index (κ1) is 7.72. The third-order valence-electron chi connectivity index (χ3n) is 1.69. The van der Waals surface area contributed by atoms with Crippen molar-refractivity contribution in [2.24, 2.45) is 0 Å². The van der Waals surface area contributed by atoms with Crippen LogP contribution in [0.25, 0.3) is 0 Å². The summed E-state index contributed by atoms with van der Waals surface area (Å²) in [5.41, 5.74) is -0.311. The smallest absolute Gasteiger partial charge is 0.0838 e. The molecule has 0 saturated carbocycles. The molecular formula is C7H13NO2. The summed E-state index contributed by atoms with van der Waals surface area (Å²) >= 11 is 0. The molecule has 2 N–H and O–H groups in total. The third-order valence-corrected chi connectivity index (χ3v) is 1.69. The maximum absolute atomic E-state index is 8.95. The Morgan fingerprint density at radius 2 is 2.60 bits per heavy atom. The molecule has 0 aromatic heterocycles. The lowest BCUT2D eigenvalue weighted by Gasteiger charge is -2.24. The van der Waals surface area contributed by atoms with Crippen molar-refractivity contribution >= 4 is 0 Å². The zero-order valence-corrected chi connectivity index (χ0v) is 6.13. The standard InChI is InChI=1S/C7H13NO2/c1-10-6-7(5-9)3-2-4-8-7/h2-3,8-9H,4-6H2,1H3. The van der Waals surface area contributed by atoms with Crippen LogP contribution in [0.5, 0.6) is 0 Å².